The van der Waals surface area contributed by atoms with E-state index in [1.54, 1.807) is 0 Å². The van der Waals surface area contributed by atoms with Crippen molar-refractivity contribution in [2.45, 2.75) is 0 Å². The van der Waals surface area contributed by atoms with Crippen molar-refractivity contribution < 1.29 is 0 Å². The van der Waals surface area contributed by atoms with Crippen LogP contribution in [0.2, 0.25) is 0 Å². The molecule has 0 saturated carbocycles. The Hall–Kier alpha value is -20.1. The number of para-hydroxylation sites is 12. The monoisotopic (exact) mass is 1880 g/mol. The van der Waals surface area contributed by atoms with E-state index in [1.807, 2.05) is 6.07 Å². The lowest BCUT2D eigenvalue weighted by atomic mass is 10.00. The summed E-state index contributed by atoms with van der Waals surface area (Å²) in [5, 5.41) is 35.4. The van der Waals surface area contributed by atoms with Gasteiger partial charge in [-0.25, -0.2) is 29.9 Å². The first-order chi connectivity index (χ1) is 73.5. The molecule has 12 heteroatoms. The molecule has 0 unspecified atom stereocenters. The fraction of sp³-hybridized carbons (Fsp3) is 0. The Morgan fingerprint density at radius 1 is 0.128 bits per heavy atom. The van der Waals surface area contributed by atoms with Gasteiger partial charge >= 0.3 is 0 Å². The molecule has 0 amide bonds. The average molecular weight is 1880 g/mol. The third-order valence-electron chi connectivity index (χ3n) is 31.6. The molecule has 0 aliphatic rings. The smallest absolute Gasteiger partial charge is 0.162 e. The fourth-order valence-electron chi connectivity index (χ4n) is 25.4. The van der Waals surface area contributed by atoms with Crippen molar-refractivity contribution in [2.24, 2.45) is 0 Å². The van der Waals surface area contributed by atoms with Crippen LogP contribution in [0.3, 0.4) is 0 Å². The molecule has 0 bridgehead atoms. The summed E-state index contributed by atoms with van der Waals surface area (Å²) in [7, 11) is 0. The molecule has 12 nitrogen and oxygen atoms in total. The van der Waals surface area contributed by atoms with Crippen LogP contribution in [0, 0.1) is 0 Å². The highest BCUT2D eigenvalue weighted by molar-refractivity contribution is 6.40. The second kappa shape index (κ2) is 30.7. The summed E-state index contributed by atoms with van der Waals surface area (Å²) >= 11 is 0. The topological polar surface area (TPSA) is 105 Å². The quantitative estimate of drug-likeness (QED) is 0.147. The van der Waals surface area contributed by atoms with Gasteiger partial charge in [0.25, 0.3) is 0 Å². The van der Waals surface area contributed by atoms with E-state index >= 15 is 0 Å². The van der Waals surface area contributed by atoms with Crippen LogP contribution < -0.4 is 0 Å². The predicted molar refractivity (Wildman–Crippen MR) is 617 cm³/mol. The minimum Gasteiger partial charge on any atom is -0.308 e. The number of fused-ring (bicyclic) bond motifs is 39. The van der Waals surface area contributed by atoms with E-state index in [2.05, 4.69) is 494 Å². The molecule has 0 saturated heterocycles. The molecule has 12 heterocycles. The van der Waals surface area contributed by atoms with Gasteiger partial charge in [-0.15, -0.1) is 0 Å². The average Bonchev–Trinajstić information content (AvgIpc) is 1.52. The Kier molecular flexibility index (Phi) is 16.7. The Labute approximate surface area is 842 Å². The summed E-state index contributed by atoms with van der Waals surface area (Å²) in [5.41, 5.74) is 26.1. The molecule has 23 aromatic carbocycles. The predicted octanol–water partition coefficient (Wildman–Crippen LogP) is 34.9. The Morgan fingerprint density at radius 2 is 0.392 bits per heavy atom. The number of hydrogen-bond acceptors (Lipinski definition) is 6. The second-order valence-electron chi connectivity index (χ2n) is 39.3. The summed E-state index contributed by atoms with van der Waals surface area (Å²) in [6, 6.07) is 170. The van der Waals surface area contributed by atoms with E-state index in [0.29, 0.717) is 17.5 Å². The summed E-state index contributed by atoms with van der Waals surface area (Å²) in [6.07, 6.45) is 0. The summed E-state index contributed by atoms with van der Waals surface area (Å²) in [6.45, 7) is 0. The van der Waals surface area contributed by atoms with Crippen LogP contribution in [0.5, 0.6) is 0 Å². The van der Waals surface area contributed by atoms with E-state index < -0.39 is 0 Å². The third-order valence-corrected chi connectivity index (χ3v) is 31.6. The maximum absolute atomic E-state index is 5.49. The largest absolute Gasteiger partial charge is 0.308 e. The number of nitrogens with zero attached hydrogens (tertiary/aromatic N) is 12. The summed E-state index contributed by atoms with van der Waals surface area (Å²) in [5.74, 6) is 4.79. The summed E-state index contributed by atoms with van der Waals surface area (Å²) < 4.78 is 14.5. The first-order valence-electron chi connectivity index (χ1n) is 50.6. The van der Waals surface area contributed by atoms with Crippen molar-refractivity contribution >= 4 is 256 Å². The minimum atomic E-state index is 0.708. The highest BCUT2D eigenvalue weighted by Gasteiger charge is 2.32. The summed E-state index contributed by atoms with van der Waals surface area (Å²) in [4.78, 5) is 31.9. The highest BCUT2D eigenvalue weighted by atomic mass is 15.1. The van der Waals surface area contributed by atoms with E-state index in [-0.39, 0.29) is 0 Å². The van der Waals surface area contributed by atoms with Gasteiger partial charge < -0.3 is 13.2 Å². The van der Waals surface area contributed by atoms with Gasteiger partial charge in [0.2, 0.25) is 0 Å². The van der Waals surface area contributed by atoms with Crippen LogP contribution in [0.15, 0.2) is 473 Å². The zero-order chi connectivity index (χ0) is 96.3. The molecule has 0 atom stereocenters. The van der Waals surface area contributed by atoms with E-state index in [1.165, 1.54) is 195 Å². The molecular formula is C136H78N12. The van der Waals surface area contributed by atoms with Crippen molar-refractivity contribution in [1.82, 2.24) is 56.8 Å². The maximum Gasteiger partial charge on any atom is 0.162 e. The van der Waals surface area contributed by atoms with Crippen LogP contribution in [0.25, 0.3) is 318 Å². The van der Waals surface area contributed by atoms with Crippen molar-refractivity contribution in [3.8, 4) is 62.7 Å². The molecule has 0 fully saturated rings. The number of hydrogen-bond donors (Lipinski definition) is 0. The van der Waals surface area contributed by atoms with E-state index in [0.717, 1.165) is 106 Å². The standard InChI is InChI=1S/2C46H26N4.C44H26N4/c1-2-12-30-27(11-1)21-22-28-25-29(23-24-31(28)30)45-47-37-17-7-3-14-33(37)46(48-45)50-40-20-10-5-15-34(40)42-41(50)26-36-32-13-4-8-18-38(32)49-39-19-9-6-16-35(39)43(42)44(36)49;1-2-12-30-27(11-1)21-22-28-23-24-29(25-35(28)30)45-47-37-17-7-3-14-32(37)46(48-45)50-40-20-10-5-15-33(40)42-41(50)26-36-31-13-4-8-18-38(31)49-39-19-9-6-16-34(39)43(42)44(36)49;1-2-13-27(14-3-1)28-15-12-16-29(25-28)43-45-35-21-8-4-18-31(35)44(46-43)48-38-24-11-6-19-32(38)40-39(48)26-34-30-17-5-9-22-36(30)47-37-23-10-7-20-33(37)41(40)42(34)47/h2*1-26H;1-26H. The molecule has 0 aliphatic heterocycles. The molecule has 35 aromatic rings. The van der Waals surface area contributed by atoms with Crippen LogP contribution in [-0.4, -0.2) is 56.8 Å². The number of benzene rings is 23. The molecule has 0 aliphatic carbocycles. The first kappa shape index (κ1) is 80.6. The number of aromatic nitrogens is 12. The molecule has 0 spiro atoms. The van der Waals surface area contributed by atoms with E-state index in [9.17, 15) is 0 Å². The second-order valence-corrected chi connectivity index (χ2v) is 39.3. The molecule has 35 rings (SSSR count). The van der Waals surface area contributed by atoms with Gasteiger partial charge in [-0.3, -0.25) is 13.7 Å². The molecule has 682 valence electrons. The Morgan fingerprint density at radius 3 is 0.791 bits per heavy atom. The minimum absolute atomic E-state index is 0.708. The van der Waals surface area contributed by atoms with Gasteiger partial charge in [-0.2, -0.15) is 0 Å². The van der Waals surface area contributed by atoms with Gasteiger partial charge in [0, 0.05) is 130 Å². The van der Waals surface area contributed by atoms with Gasteiger partial charge in [0.1, 0.15) is 17.5 Å². The molecular weight excluding hydrogens is 1800 g/mol. The highest BCUT2D eigenvalue weighted by Crippen LogP contribution is 2.53. The van der Waals surface area contributed by atoms with Gasteiger partial charge in [-0.05, 0) is 182 Å². The third kappa shape index (κ3) is 11.4. The molecule has 12 aromatic heterocycles. The zero-order valence-corrected chi connectivity index (χ0v) is 79.4. The molecule has 0 radical (unpaired) electrons. The van der Waals surface area contributed by atoms with Crippen molar-refractivity contribution in [3.05, 3.63) is 473 Å². The SMILES string of the molecule is c1ccc(-c2cccc(-c3nc(-n4c5ccccc5c5c6c7ccccc7n7c8ccccc8c(cc54)c67)c4ccccc4n3)c2)cc1.c1ccc2c(c1)ccc1cc(-c3nc(-n4c5ccccc5c5c6c7ccccc7n7c8ccccc8c(cc54)c67)c4ccccc4n3)ccc12.c1ccc2c(c1)ccc1ccc(-c3nc(-n4c5ccccc5c5c6c7ccccc7n7c8ccccc8c(cc54)c67)c4ccccc4n3)cc12. The fourth-order valence-corrected chi connectivity index (χ4v) is 25.4. The van der Waals surface area contributed by atoms with Gasteiger partial charge in [-0.1, -0.05) is 346 Å². The van der Waals surface area contributed by atoms with Gasteiger partial charge in [0.05, 0.1) is 99.3 Å². The first-order valence-corrected chi connectivity index (χ1v) is 50.6. The normalized spacial score (nSPS) is 12.3. The maximum atomic E-state index is 5.49. The molecule has 148 heavy (non-hydrogen) atoms. The van der Waals surface area contributed by atoms with Gasteiger partial charge in [0.15, 0.2) is 17.5 Å². The number of rotatable bonds is 7. The van der Waals surface area contributed by atoms with Crippen molar-refractivity contribution in [3.63, 3.8) is 0 Å². The van der Waals surface area contributed by atoms with Crippen LogP contribution in [-0.2, 0) is 0 Å². The van der Waals surface area contributed by atoms with Crippen molar-refractivity contribution in [1.29, 1.82) is 0 Å². The lowest BCUT2D eigenvalue weighted by Crippen LogP contribution is -2.02. The van der Waals surface area contributed by atoms with Crippen LogP contribution >= 0.6 is 0 Å². The van der Waals surface area contributed by atoms with Crippen LogP contribution in [0.1, 0.15) is 0 Å². The van der Waals surface area contributed by atoms with Crippen LogP contribution in [0.4, 0.5) is 0 Å². The lowest BCUT2D eigenvalue weighted by molar-refractivity contribution is 1.08. The van der Waals surface area contributed by atoms with E-state index in [4.69, 9.17) is 29.9 Å². The molecule has 0 N–H and O–H groups in total. The van der Waals surface area contributed by atoms with Crippen molar-refractivity contribution in [2.75, 3.05) is 0 Å². The Balaban J connectivity index is 0.0000000966. The lowest BCUT2D eigenvalue weighted by Gasteiger charge is -2.13. The Bertz CT molecular complexity index is 11900. The zero-order valence-electron chi connectivity index (χ0n) is 79.4.